The van der Waals surface area contributed by atoms with Gasteiger partial charge in [0, 0.05) is 38.2 Å². The van der Waals surface area contributed by atoms with Crippen LogP contribution in [0.5, 0.6) is 0 Å². The molecular weight excluding hydrogens is 609 g/mol. The molecule has 0 aromatic carbocycles. The van der Waals surface area contributed by atoms with E-state index in [1.807, 2.05) is 31.1 Å². The Morgan fingerprint density at radius 2 is 0.936 bits per heavy atom. The number of hydrogen-bond donors (Lipinski definition) is 0. The van der Waals surface area contributed by atoms with Gasteiger partial charge in [0.05, 0.1) is 0 Å². The van der Waals surface area contributed by atoms with Crippen LogP contribution in [0.25, 0.3) is 0 Å². The van der Waals surface area contributed by atoms with Crippen molar-refractivity contribution in [3.05, 3.63) is 24.3 Å². The molecule has 0 aromatic rings. The van der Waals surface area contributed by atoms with Gasteiger partial charge in [0.2, 0.25) is 0 Å². The number of unbranched alkanes of at least 4 members (excludes halogenated alkanes) is 16. The molecule has 274 valence electrons. The van der Waals surface area contributed by atoms with Crippen molar-refractivity contribution in [3.8, 4) is 0 Å². The molecule has 0 saturated carbocycles. The molecule has 0 aliphatic heterocycles. The molecule has 0 radical (unpaired) electrons. The third kappa shape index (κ3) is 33.9. The molecule has 0 N–H and O–H groups in total. The monoisotopic (exact) mass is 681 g/mol. The summed E-state index contributed by atoms with van der Waals surface area (Å²) in [4.78, 5) is 41.2. The zero-order valence-corrected chi connectivity index (χ0v) is 31.8. The second-order valence-electron chi connectivity index (χ2n) is 12.9. The molecule has 7 nitrogen and oxygen atoms in total. The molecule has 47 heavy (non-hydrogen) atoms. The van der Waals surface area contributed by atoms with Crippen molar-refractivity contribution in [3.63, 3.8) is 0 Å². The first-order valence-electron chi connectivity index (χ1n) is 19.1. The molecule has 0 rings (SSSR count). The van der Waals surface area contributed by atoms with Crippen LogP contribution in [0.3, 0.4) is 0 Å². The molecule has 0 saturated heterocycles. The number of allylic oxidation sites excluding steroid dienone is 2. The number of rotatable bonds is 33. The molecule has 1 amide bonds. The van der Waals surface area contributed by atoms with Gasteiger partial charge in [-0.15, -0.1) is 0 Å². The lowest BCUT2D eigenvalue weighted by Gasteiger charge is -2.22. The lowest BCUT2D eigenvalue weighted by Crippen LogP contribution is -2.31. The van der Waals surface area contributed by atoms with Crippen LogP contribution in [-0.2, 0) is 19.1 Å². The number of carbonyl (C=O) groups is 3. The molecule has 0 aliphatic rings. The number of amides is 1. The zero-order chi connectivity index (χ0) is 34.6. The van der Waals surface area contributed by atoms with E-state index in [1.165, 1.54) is 114 Å². The van der Waals surface area contributed by atoms with Gasteiger partial charge < -0.3 is 19.3 Å². The summed E-state index contributed by atoms with van der Waals surface area (Å²) in [5.74, 6) is 0.213. The molecule has 0 aliphatic carbocycles. The highest BCUT2D eigenvalue weighted by atomic mass is 32.2. The summed E-state index contributed by atoms with van der Waals surface area (Å²) in [5.41, 5.74) is 0. The number of ether oxygens (including phenoxy) is 2. The summed E-state index contributed by atoms with van der Waals surface area (Å²) in [5, 5.41) is -0.0126. The Morgan fingerprint density at radius 1 is 0.532 bits per heavy atom. The van der Waals surface area contributed by atoms with Gasteiger partial charge in [-0.3, -0.25) is 14.4 Å². The number of carbonyl (C=O) groups excluding carboxylic acids is 3. The maximum atomic E-state index is 12.9. The molecule has 0 fully saturated rings. The maximum absolute atomic E-state index is 12.9. The van der Waals surface area contributed by atoms with Crippen LogP contribution < -0.4 is 0 Å². The van der Waals surface area contributed by atoms with Gasteiger partial charge in [0.25, 0.3) is 5.24 Å². The fraction of sp³-hybridized carbons (Fsp3) is 0.821. The van der Waals surface area contributed by atoms with E-state index < -0.39 is 0 Å². The fourth-order valence-electron chi connectivity index (χ4n) is 5.12. The highest BCUT2D eigenvalue weighted by Gasteiger charge is 2.16. The quantitative estimate of drug-likeness (QED) is 0.0388. The Morgan fingerprint density at radius 3 is 1.34 bits per heavy atom. The summed E-state index contributed by atoms with van der Waals surface area (Å²) in [6.45, 7) is 6.84. The summed E-state index contributed by atoms with van der Waals surface area (Å²) >= 11 is 1.29. The van der Waals surface area contributed by atoms with E-state index in [-0.39, 0.29) is 30.0 Å². The molecular formula is C39H72N2O5S. The van der Waals surface area contributed by atoms with E-state index in [9.17, 15) is 14.4 Å². The topological polar surface area (TPSA) is 76.1 Å². The number of thioether (sulfide) groups is 1. The maximum Gasteiger partial charge on any atom is 0.306 e. The highest BCUT2D eigenvalue weighted by Crippen LogP contribution is 2.13. The Kier molecular flexibility index (Phi) is 34.1. The average Bonchev–Trinajstić information content (AvgIpc) is 3.04. The lowest BCUT2D eigenvalue weighted by atomic mass is 10.1. The van der Waals surface area contributed by atoms with Crippen molar-refractivity contribution >= 4 is 28.9 Å². The van der Waals surface area contributed by atoms with Crippen LogP contribution in [0, 0.1) is 0 Å². The van der Waals surface area contributed by atoms with Crippen molar-refractivity contribution < 1.29 is 23.9 Å². The first-order valence-corrected chi connectivity index (χ1v) is 20.1. The summed E-state index contributed by atoms with van der Waals surface area (Å²) < 4.78 is 10.7. The minimum absolute atomic E-state index is 0.0126. The average molecular weight is 681 g/mol. The minimum atomic E-state index is -0.242. The fourth-order valence-corrected chi connectivity index (χ4v) is 6.12. The van der Waals surface area contributed by atoms with E-state index in [4.69, 9.17) is 9.47 Å². The molecule has 0 unspecified atom stereocenters. The number of esters is 2. The van der Waals surface area contributed by atoms with Gasteiger partial charge in [-0.25, -0.2) is 0 Å². The van der Waals surface area contributed by atoms with Gasteiger partial charge in [-0.05, 0) is 52.6 Å². The zero-order valence-electron chi connectivity index (χ0n) is 31.0. The van der Waals surface area contributed by atoms with Crippen LogP contribution in [0.15, 0.2) is 24.3 Å². The first kappa shape index (κ1) is 45.2. The molecule has 0 atom stereocenters. The Bertz CT molecular complexity index is 750. The molecule has 8 heteroatoms. The smallest absolute Gasteiger partial charge is 0.306 e. The summed E-state index contributed by atoms with van der Waals surface area (Å²) in [7, 11) is 3.97. The minimum Gasteiger partial charge on any atom is -0.461 e. The van der Waals surface area contributed by atoms with E-state index in [1.54, 1.807) is 4.90 Å². The van der Waals surface area contributed by atoms with Crippen LogP contribution in [-0.4, -0.2) is 79.7 Å². The first-order chi connectivity index (χ1) is 22.9. The lowest BCUT2D eigenvalue weighted by molar-refractivity contribution is -0.143. The van der Waals surface area contributed by atoms with Crippen LogP contribution in [0.1, 0.15) is 155 Å². The SMILES string of the molecule is CCCCCCCCCC/C=C/COC(=O)CCCN(CCCC(=O)OC/C=C/CCCCCCCCCC)C(=O)SCCN(C)C. The third-order valence-electron chi connectivity index (χ3n) is 8.10. The van der Waals surface area contributed by atoms with Crippen LogP contribution in [0.4, 0.5) is 4.79 Å². The van der Waals surface area contributed by atoms with Crippen LogP contribution in [0.2, 0.25) is 0 Å². The second kappa shape index (κ2) is 35.5. The van der Waals surface area contributed by atoms with E-state index >= 15 is 0 Å². The molecule has 0 spiro atoms. The summed E-state index contributed by atoms with van der Waals surface area (Å²) in [6, 6.07) is 0. The predicted octanol–water partition coefficient (Wildman–Crippen LogP) is 10.5. The molecule has 0 aromatic heterocycles. The predicted molar refractivity (Wildman–Crippen MR) is 201 cm³/mol. The Hall–Kier alpha value is -1.80. The van der Waals surface area contributed by atoms with Crippen molar-refractivity contribution in [2.45, 2.75) is 155 Å². The molecule has 0 bridgehead atoms. The van der Waals surface area contributed by atoms with Crippen LogP contribution >= 0.6 is 11.8 Å². The van der Waals surface area contributed by atoms with Gasteiger partial charge in [-0.2, -0.15) is 0 Å². The largest absolute Gasteiger partial charge is 0.461 e. The molecule has 0 heterocycles. The van der Waals surface area contributed by atoms with E-state index in [0.29, 0.717) is 44.9 Å². The van der Waals surface area contributed by atoms with Crippen molar-refractivity contribution in [2.75, 3.05) is 52.7 Å². The number of nitrogens with zero attached hydrogens (tertiary/aromatic N) is 2. The second-order valence-corrected chi connectivity index (χ2v) is 14.0. The Labute approximate surface area is 294 Å². The Balaban J connectivity index is 4.19. The van der Waals surface area contributed by atoms with Crippen molar-refractivity contribution in [1.29, 1.82) is 0 Å². The van der Waals surface area contributed by atoms with E-state index in [2.05, 4.69) is 26.0 Å². The van der Waals surface area contributed by atoms with Gasteiger partial charge in [0.15, 0.2) is 0 Å². The van der Waals surface area contributed by atoms with Crippen molar-refractivity contribution in [1.82, 2.24) is 9.80 Å². The standard InChI is InChI=1S/C39H72N2O5S/c1-5-7-9-11-13-15-17-19-21-23-25-34-45-37(42)29-27-31-41(39(44)47-36-33-40(3)4)32-28-30-38(43)46-35-26-24-22-20-18-16-14-12-10-8-6-2/h23-26H,5-22,27-36H2,1-4H3/b25-23+,26-24+. The van der Waals surface area contributed by atoms with Crippen molar-refractivity contribution in [2.24, 2.45) is 0 Å². The summed E-state index contributed by atoms with van der Waals surface area (Å²) in [6.07, 6.45) is 32.6. The van der Waals surface area contributed by atoms with Gasteiger partial charge in [-0.1, -0.05) is 140 Å². The van der Waals surface area contributed by atoms with E-state index in [0.717, 1.165) is 19.4 Å². The third-order valence-corrected chi connectivity index (χ3v) is 9.00. The highest BCUT2D eigenvalue weighted by molar-refractivity contribution is 8.13. The normalized spacial score (nSPS) is 11.6. The van der Waals surface area contributed by atoms with Gasteiger partial charge >= 0.3 is 11.9 Å². The van der Waals surface area contributed by atoms with Gasteiger partial charge in [0.1, 0.15) is 13.2 Å². The number of hydrogen-bond acceptors (Lipinski definition) is 7.